The summed E-state index contributed by atoms with van der Waals surface area (Å²) in [4.78, 5) is 20.0. The van der Waals surface area contributed by atoms with E-state index in [0.29, 0.717) is 10.7 Å². The summed E-state index contributed by atoms with van der Waals surface area (Å²) in [7, 11) is 0. The number of amides is 1. The minimum atomic E-state index is -0.148. The van der Waals surface area contributed by atoms with Gasteiger partial charge in [0.1, 0.15) is 0 Å². The van der Waals surface area contributed by atoms with E-state index in [2.05, 4.69) is 22.2 Å². The van der Waals surface area contributed by atoms with E-state index in [1.165, 1.54) is 11.3 Å². The van der Waals surface area contributed by atoms with Gasteiger partial charge in [-0.1, -0.05) is 13.3 Å². The molecule has 88 valence electrons. The number of nitrogens with zero attached hydrogens (tertiary/aromatic N) is 2. The predicted octanol–water partition coefficient (Wildman–Crippen LogP) is 2.74. The summed E-state index contributed by atoms with van der Waals surface area (Å²) >= 11 is 1.45. The second kappa shape index (κ2) is 5.54. The lowest BCUT2D eigenvalue weighted by atomic mass is 10.2. The van der Waals surface area contributed by atoms with Crippen LogP contribution in [0.15, 0.2) is 29.9 Å². The average Bonchev–Trinajstić information content (AvgIpc) is 2.78. The average molecular weight is 247 g/mol. The van der Waals surface area contributed by atoms with Crippen LogP contribution in [0.1, 0.15) is 29.4 Å². The molecule has 1 amide bonds. The summed E-state index contributed by atoms with van der Waals surface area (Å²) in [6.07, 6.45) is 5.20. The van der Waals surface area contributed by atoms with Crippen LogP contribution < -0.4 is 5.32 Å². The van der Waals surface area contributed by atoms with E-state index in [0.717, 1.165) is 18.5 Å². The normalized spacial score (nSPS) is 10.2. The summed E-state index contributed by atoms with van der Waals surface area (Å²) in [5, 5.41) is 5.40. The molecule has 0 fully saturated rings. The monoisotopic (exact) mass is 247 g/mol. The topological polar surface area (TPSA) is 54.9 Å². The predicted molar refractivity (Wildman–Crippen MR) is 68.3 cm³/mol. The number of aromatic nitrogens is 2. The van der Waals surface area contributed by atoms with Gasteiger partial charge in [0.25, 0.3) is 5.91 Å². The molecule has 0 aliphatic carbocycles. The van der Waals surface area contributed by atoms with Gasteiger partial charge in [-0.2, -0.15) is 0 Å². The molecule has 17 heavy (non-hydrogen) atoms. The Morgan fingerprint density at radius 3 is 2.88 bits per heavy atom. The molecule has 0 aliphatic rings. The van der Waals surface area contributed by atoms with Gasteiger partial charge < -0.3 is 0 Å². The van der Waals surface area contributed by atoms with Crippen LogP contribution >= 0.6 is 11.3 Å². The first-order valence-electron chi connectivity index (χ1n) is 5.45. The van der Waals surface area contributed by atoms with Crippen molar-refractivity contribution in [3.8, 4) is 0 Å². The van der Waals surface area contributed by atoms with Gasteiger partial charge in [0, 0.05) is 23.3 Å². The zero-order chi connectivity index (χ0) is 12.1. The number of hydrogen-bond donors (Lipinski definition) is 1. The Bertz CT molecular complexity index is 495. The Morgan fingerprint density at radius 2 is 2.18 bits per heavy atom. The van der Waals surface area contributed by atoms with Crippen LogP contribution in [-0.4, -0.2) is 15.9 Å². The van der Waals surface area contributed by atoms with Crippen LogP contribution in [0.3, 0.4) is 0 Å². The highest BCUT2D eigenvalue weighted by Crippen LogP contribution is 2.17. The molecule has 0 atom stereocenters. The minimum Gasteiger partial charge on any atom is -0.298 e. The first kappa shape index (κ1) is 11.7. The van der Waals surface area contributed by atoms with Crippen molar-refractivity contribution in [2.75, 3.05) is 5.32 Å². The van der Waals surface area contributed by atoms with E-state index >= 15 is 0 Å². The van der Waals surface area contributed by atoms with Crippen LogP contribution in [0.25, 0.3) is 0 Å². The third-order valence-electron chi connectivity index (χ3n) is 2.22. The van der Waals surface area contributed by atoms with E-state index < -0.39 is 0 Å². The SMILES string of the molecule is CCCc1csc(NC(=O)c2ccncc2)n1. The van der Waals surface area contributed by atoms with Gasteiger partial charge >= 0.3 is 0 Å². The quantitative estimate of drug-likeness (QED) is 0.903. The second-order valence-corrected chi connectivity index (χ2v) is 4.44. The van der Waals surface area contributed by atoms with Crippen LogP contribution in [0, 0.1) is 0 Å². The Kier molecular flexibility index (Phi) is 3.82. The summed E-state index contributed by atoms with van der Waals surface area (Å²) < 4.78 is 0. The Balaban J connectivity index is 2.03. The van der Waals surface area contributed by atoms with Crippen LogP contribution in [0.4, 0.5) is 5.13 Å². The van der Waals surface area contributed by atoms with Gasteiger partial charge in [0.2, 0.25) is 0 Å². The van der Waals surface area contributed by atoms with Gasteiger partial charge in [0.15, 0.2) is 5.13 Å². The number of thiazole rings is 1. The number of hydrogen-bond acceptors (Lipinski definition) is 4. The lowest BCUT2D eigenvalue weighted by molar-refractivity contribution is 0.102. The minimum absolute atomic E-state index is 0.148. The first-order chi connectivity index (χ1) is 8.29. The summed E-state index contributed by atoms with van der Waals surface area (Å²) in [6, 6.07) is 3.35. The lowest BCUT2D eigenvalue weighted by Gasteiger charge is -2.00. The summed E-state index contributed by atoms with van der Waals surface area (Å²) in [6.45, 7) is 2.11. The highest BCUT2D eigenvalue weighted by Gasteiger charge is 2.08. The third kappa shape index (κ3) is 3.10. The van der Waals surface area contributed by atoms with Crippen molar-refractivity contribution < 1.29 is 4.79 Å². The van der Waals surface area contributed by atoms with Gasteiger partial charge in [-0.3, -0.25) is 15.1 Å². The largest absolute Gasteiger partial charge is 0.298 e. The molecule has 0 aromatic carbocycles. The fourth-order valence-electron chi connectivity index (χ4n) is 1.41. The van der Waals surface area contributed by atoms with Crippen molar-refractivity contribution in [3.05, 3.63) is 41.2 Å². The fraction of sp³-hybridized carbons (Fsp3) is 0.250. The summed E-state index contributed by atoms with van der Waals surface area (Å²) in [5.74, 6) is -0.148. The standard InChI is InChI=1S/C12H13N3OS/c1-2-3-10-8-17-12(14-10)15-11(16)9-4-6-13-7-5-9/h4-8H,2-3H2,1H3,(H,14,15,16). The molecule has 0 unspecified atom stereocenters. The maximum Gasteiger partial charge on any atom is 0.257 e. The molecule has 2 heterocycles. The van der Waals surface area contributed by atoms with E-state index in [1.807, 2.05) is 5.38 Å². The van der Waals surface area contributed by atoms with E-state index in [1.54, 1.807) is 24.5 Å². The Morgan fingerprint density at radius 1 is 1.41 bits per heavy atom. The van der Waals surface area contributed by atoms with Gasteiger partial charge in [-0.15, -0.1) is 11.3 Å². The molecule has 0 radical (unpaired) electrons. The van der Waals surface area contributed by atoms with Crippen LogP contribution in [-0.2, 0) is 6.42 Å². The number of carbonyl (C=O) groups excluding carboxylic acids is 1. The van der Waals surface area contributed by atoms with Gasteiger partial charge in [-0.05, 0) is 18.6 Å². The number of pyridine rings is 1. The highest BCUT2D eigenvalue weighted by molar-refractivity contribution is 7.13. The van der Waals surface area contributed by atoms with Gasteiger partial charge in [0.05, 0.1) is 5.69 Å². The first-order valence-corrected chi connectivity index (χ1v) is 6.33. The zero-order valence-electron chi connectivity index (χ0n) is 9.51. The summed E-state index contributed by atoms with van der Waals surface area (Å²) in [5.41, 5.74) is 1.62. The Labute approximate surface area is 104 Å². The molecule has 1 N–H and O–H groups in total. The fourth-order valence-corrected chi connectivity index (χ4v) is 2.15. The van der Waals surface area contributed by atoms with Crippen LogP contribution in [0.2, 0.25) is 0 Å². The molecule has 2 aromatic rings. The maximum atomic E-state index is 11.8. The van der Waals surface area contributed by atoms with Gasteiger partial charge in [-0.25, -0.2) is 4.98 Å². The van der Waals surface area contributed by atoms with E-state index in [9.17, 15) is 4.79 Å². The smallest absolute Gasteiger partial charge is 0.257 e. The van der Waals surface area contributed by atoms with Crippen LogP contribution in [0.5, 0.6) is 0 Å². The van der Waals surface area contributed by atoms with E-state index in [-0.39, 0.29) is 5.91 Å². The molecular weight excluding hydrogens is 234 g/mol. The van der Waals surface area contributed by atoms with Crippen molar-refractivity contribution in [2.24, 2.45) is 0 Å². The van der Waals surface area contributed by atoms with Crippen molar-refractivity contribution in [2.45, 2.75) is 19.8 Å². The number of aryl methyl sites for hydroxylation is 1. The molecule has 0 saturated heterocycles. The molecule has 2 rings (SSSR count). The third-order valence-corrected chi connectivity index (χ3v) is 3.03. The lowest BCUT2D eigenvalue weighted by Crippen LogP contribution is -2.11. The molecule has 2 aromatic heterocycles. The molecule has 0 aliphatic heterocycles. The number of anilines is 1. The highest BCUT2D eigenvalue weighted by atomic mass is 32.1. The number of carbonyl (C=O) groups is 1. The second-order valence-electron chi connectivity index (χ2n) is 3.58. The van der Waals surface area contributed by atoms with Crippen molar-refractivity contribution in [1.29, 1.82) is 0 Å². The van der Waals surface area contributed by atoms with E-state index in [4.69, 9.17) is 0 Å². The number of nitrogens with one attached hydrogen (secondary N) is 1. The number of rotatable bonds is 4. The van der Waals surface area contributed by atoms with Crippen molar-refractivity contribution in [1.82, 2.24) is 9.97 Å². The molecule has 0 bridgehead atoms. The molecule has 4 nitrogen and oxygen atoms in total. The molecule has 5 heteroatoms. The molecular formula is C12H13N3OS. The van der Waals surface area contributed by atoms with Crippen molar-refractivity contribution >= 4 is 22.4 Å². The maximum absolute atomic E-state index is 11.8. The molecule has 0 saturated carbocycles. The zero-order valence-corrected chi connectivity index (χ0v) is 10.3. The van der Waals surface area contributed by atoms with Crippen molar-refractivity contribution in [3.63, 3.8) is 0 Å². The molecule has 0 spiro atoms. The Hall–Kier alpha value is -1.75.